The lowest BCUT2D eigenvalue weighted by atomic mass is 9.96. The molecule has 0 aliphatic carbocycles. The summed E-state index contributed by atoms with van der Waals surface area (Å²) in [4.78, 5) is 15.2. The minimum atomic E-state index is -3.81. The molecule has 40 heavy (non-hydrogen) atoms. The highest BCUT2D eigenvalue weighted by molar-refractivity contribution is 7.89. The van der Waals surface area contributed by atoms with E-state index in [1.54, 1.807) is 30.3 Å². The van der Waals surface area contributed by atoms with Crippen LogP contribution in [-0.2, 0) is 10.0 Å². The molecule has 1 N–H and O–H groups in total. The Balaban J connectivity index is 1.34. The van der Waals surface area contributed by atoms with E-state index in [-0.39, 0.29) is 16.6 Å². The summed E-state index contributed by atoms with van der Waals surface area (Å²) in [5.41, 5.74) is 3.00. The van der Waals surface area contributed by atoms with Gasteiger partial charge in [-0.2, -0.15) is 4.31 Å². The smallest absolute Gasteiger partial charge is 0.255 e. The topological polar surface area (TPSA) is 79.0 Å². The predicted molar refractivity (Wildman–Crippen MR) is 157 cm³/mol. The van der Waals surface area contributed by atoms with Crippen LogP contribution in [0.3, 0.4) is 0 Å². The van der Waals surface area contributed by atoms with Crippen molar-refractivity contribution in [3.05, 3.63) is 125 Å². The first-order chi connectivity index (χ1) is 19.4. The molecule has 0 spiro atoms. The predicted octanol–water partition coefficient (Wildman–Crippen LogP) is 5.70. The number of hydrogen-bond acceptors (Lipinski definition) is 5. The van der Waals surface area contributed by atoms with Gasteiger partial charge in [-0.25, -0.2) is 8.42 Å². The number of amides is 1. The zero-order chi connectivity index (χ0) is 28.1. The molecule has 206 valence electrons. The van der Waals surface area contributed by atoms with Gasteiger partial charge < -0.3 is 10.1 Å². The van der Waals surface area contributed by atoms with Crippen molar-refractivity contribution in [2.24, 2.45) is 0 Å². The first-order valence-electron chi connectivity index (χ1n) is 13.0. The second-order valence-electron chi connectivity index (χ2n) is 9.49. The molecule has 1 saturated heterocycles. The van der Waals surface area contributed by atoms with Crippen molar-refractivity contribution < 1.29 is 17.9 Å². The van der Waals surface area contributed by atoms with Crippen molar-refractivity contribution >= 4 is 33.2 Å². The average molecular weight is 576 g/mol. The SMILES string of the molecule is COc1ccc(S(=O)(=O)N2CCN(C(c3ccccc3)c3ccccc3)CC2)cc1NC(=O)c1ccc(Cl)cc1. The van der Waals surface area contributed by atoms with Gasteiger partial charge in [-0.15, -0.1) is 0 Å². The molecule has 0 bridgehead atoms. The van der Waals surface area contributed by atoms with Crippen LogP contribution in [-0.4, -0.2) is 56.8 Å². The number of sulfonamides is 1. The molecule has 1 fully saturated rings. The van der Waals surface area contributed by atoms with Crippen molar-refractivity contribution in [1.29, 1.82) is 0 Å². The summed E-state index contributed by atoms with van der Waals surface area (Å²) in [5.74, 6) is -0.0364. The molecular weight excluding hydrogens is 546 g/mol. The van der Waals surface area contributed by atoms with Crippen LogP contribution in [0, 0.1) is 0 Å². The lowest BCUT2D eigenvalue weighted by Gasteiger charge is -2.39. The van der Waals surface area contributed by atoms with Gasteiger partial charge in [-0.05, 0) is 53.6 Å². The quantitative estimate of drug-likeness (QED) is 0.292. The van der Waals surface area contributed by atoms with Crippen molar-refractivity contribution in [3.8, 4) is 5.75 Å². The van der Waals surface area contributed by atoms with E-state index in [0.717, 1.165) is 0 Å². The van der Waals surface area contributed by atoms with Crippen LogP contribution >= 0.6 is 11.6 Å². The Morgan fingerprint density at radius 3 is 1.95 bits per heavy atom. The highest BCUT2D eigenvalue weighted by Crippen LogP contribution is 2.32. The maximum Gasteiger partial charge on any atom is 0.255 e. The van der Waals surface area contributed by atoms with E-state index in [1.165, 1.54) is 34.7 Å². The Morgan fingerprint density at radius 2 is 1.40 bits per heavy atom. The summed E-state index contributed by atoms with van der Waals surface area (Å²) >= 11 is 5.93. The summed E-state index contributed by atoms with van der Waals surface area (Å²) in [5, 5.41) is 3.29. The number of piperazine rings is 1. The molecule has 1 amide bonds. The number of carbonyl (C=O) groups is 1. The normalized spacial score (nSPS) is 14.7. The number of rotatable bonds is 8. The summed E-state index contributed by atoms with van der Waals surface area (Å²) < 4.78 is 34.3. The molecule has 4 aromatic carbocycles. The van der Waals surface area contributed by atoms with Crippen LogP contribution in [0.4, 0.5) is 5.69 Å². The molecule has 5 rings (SSSR count). The number of hydrogen-bond donors (Lipinski definition) is 1. The van der Waals surface area contributed by atoms with Crippen LogP contribution in [0.1, 0.15) is 27.5 Å². The molecule has 0 radical (unpaired) electrons. The molecule has 0 aromatic heterocycles. The van der Waals surface area contributed by atoms with Gasteiger partial charge in [0.05, 0.1) is 23.7 Å². The van der Waals surface area contributed by atoms with Crippen LogP contribution in [0.5, 0.6) is 5.75 Å². The highest BCUT2D eigenvalue weighted by Gasteiger charge is 2.32. The van der Waals surface area contributed by atoms with Crippen molar-refractivity contribution in [2.75, 3.05) is 38.6 Å². The fourth-order valence-corrected chi connectivity index (χ4v) is 6.55. The Hall–Kier alpha value is -3.69. The van der Waals surface area contributed by atoms with E-state index in [2.05, 4.69) is 34.5 Å². The number of ether oxygens (including phenoxy) is 1. The molecule has 1 aliphatic rings. The van der Waals surface area contributed by atoms with Gasteiger partial charge in [0, 0.05) is 36.8 Å². The van der Waals surface area contributed by atoms with Gasteiger partial charge >= 0.3 is 0 Å². The second-order valence-corrected chi connectivity index (χ2v) is 11.9. The highest BCUT2D eigenvalue weighted by atomic mass is 35.5. The van der Waals surface area contributed by atoms with E-state index in [9.17, 15) is 13.2 Å². The molecule has 0 saturated carbocycles. The van der Waals surface area contributed by atoms with Gasteiger partial charge in [-0.1, -0.05) is 72.3 Å². The third-order valence-corrected chi connectivity index (χ3v) is 9.18. The first-order valence-corrected chi connectivity index (χ1v) is 14.8. The van der Waals surface area contributed by atoms with E-state index in [1.807, 2.05) is 36.4 Å². The van der Waals surface area contributed by atoms with E-state index in [0.29, 0.717) is 42.5 Å². The van der Waals surface area contributed by atoms with Gasteiger partial charge in [0.2, 0.25) is 10.0 Å². The number of methoxy groups -OCH3 is 1. The molecule has 9 heteroatoms. The fourth-order valence-electron chi connectivity index (χ4n) is 4.98. The summed E-state index contributed by atoms with van der Waals surface area (Å²) in [6, 6.07) is 31.5. The number of nitrogens with zero attached hydrogens (tertiary/aromatic N) is 2. The zero-order valence-corrected chi connectivity index (χ0v) is 23.6. The first kappa shape index (κ1) is 27.9. The summed E-state index contributed by atoms with van der Waals surface area (Å²) in [6.45, 7) is 1.84. The lowest BCUT2D eigenvalue weighted by molar-refractivity contribution is 0.102. The average Bonchev–Trinajstić information content (AvgIpc) is 2.99. The Kier molecular flexibility index (Phi) is 8.52. The Bertz CT molecular complexity index is 1520. The third kappa shape index (κ3) is 6.05. The van der Waals surface area contributed by atoms with Crippen LogP contribution in [0.15, 0.2) is 108 Å². The third-order valence-electron chi connectivity index (χ3n) is 7.03. The maximum absolute atomic E-state index is 13.7. The van der Waals surface area contributed by atoms with Gasteiger partial charge in [0.15, 0.2) is 0 Å². The Labute approximate surface area is 240 Å². The van der Waals surface area contributed by atoms with Crippen LogP contribution in [0.25, 0.3) is 0 Å². The number of nitrogens with one attached hydrogen (secondary N) is 1. The van der Waals surface area contributed by atoms with Crippen molar-refractivity contribution in [3.63, 3.8) is 0 Å². The molecular formula is C31H30ClN3O4S. The van der Waals surface area contributed by atoms with E-state index < -0.39 is 15.9 Å². The van der Waals surface area contributed by atoms with Crippen molar-refractivity contribution in [2.45, 2.75) is 10.9 Å². The summed E-state index contributed by atoms with van der Waals surface area (Å²) in [7, 11) is -2.34. The molecule has 7 nitrogen and oxygen atoms in total. The molecule has 1 heterocycles. The number of halogens is 1. The maximum atomic E-state index is 13.7. The fraction of sp³-hybridized carbons (Fsp3) is 0.194. The molecule has 0 unspecified atom stereocenters. The zero-order valence-electron chi connectivity index (χ0n) is 22.0. The van der Waals surface area contributed by atoms with Crippen LogP contribution in [0.2, 0.25) is 5.02 Å². The molecule has 0 atom stereocenters. The van der Waals surface area contributed by atoms with Gasteiger partial charge in [-0.3, -0.25) is 9.69 Å². The van der Waals surface area contributed by atoms with Gasteiger partial charge in [0.25, 0.3) is 5.91 Å². The number of anilines is 1. The second kappa shape index (κ2) is 12.2. The largest absolute Gasteiger partial charge is 0.495 e. The lowest BCUT2D eigenvalue weighted by Crippen LogP contribution is -2.49. The monoisotopic (exact) mass is 575 g/mol. The molecule has 4 aromatic rings. The Morgan fingerprint density at radius 1 is 0.825 bits per heavy atom. The number of carbonyl (C=O) groups excluding carboxylic acids is 1. The summed E-state index contributed by atoms with van der Waals surface area (Å²) in [6.07, 6.45) is 0. The minimum absolute atomic E-state index is 0.0305. The standard InChI is InChI=1S/C31H30ClN3O4S/c1-39-29-17-16-27(22-28(29)33-31(36)25-12-14-26(32)15-13-25)40(37,38)35-20-18-34(19-21-35)30(23-8-4-2-5-9-23)24-10-6-3-7-11-24/h2-17,22,30H,18-21H2,1H3,(H,33,36). The van der Waals surface area contributed by atoms with E-state index >= 15 is 0 Å². The molecule has 1 aliphatic heterocycles. The number of benzene rings is 4. The van der Waals surface area contributed by atoms with Gasteiger partial charge in [0.1, 0.15) is 5.75 Å². The minimum Gasteiger partial charge on any atom is -0.495 e. The van der Waals surface area contributed by atoms with Crippen LogP contribution < -0.4 is 10.1 Å². The van der Waals surface area contributed by atoms with Crippen molar-refractivity contribution in [1.82, 2.24) is 9.21 Å². The van der Waals surface area contributed by atoms with E-state index in [4.69, 9.17) is 16.3 Å².